The lowest BCUT2D eigenvalue weighted by atomic mass is 10.1. The summed E-state index contributed by atoms with van der Waals surface area (Å²) in [5.41, 5.74) is 0. The van der Waals surface area contributed by atoms with E-state index in [2.05, 4.69) is 41.3 Å². The minimum Gasteiger partial charge on any atom is -0.357 e. The Hall–Kier alpha value is -0.0900. The smallest absolute Gasteiger partial charge is 0.191 e. The van der Waals surface area contributed by atoms with Gasteiger partial charge in [-0.3, -0.25) is 9.89 Å². The predicted octanol–water partition coefficient (Wildman–Crippen LogP) is 0.936. The Bertz CT molecular complexity index is 413. The molecule has 0 aromatic heterocycles. The summed E-state index contributed by atoms with van der Waals surface area (Å²) in [5.74, 6) is 2.08. The van der Waals surface area contributed by atoms with E-state index in [9.17, 15) is 8.42 Å². The lowest BCUT2D eigenvalue weighted by Gasteiger charge is -2.26. The van der Waals surface area contributed by atoms with Gasteiger partial charge in [0, 0.05) is 39.3 Å². The summed E-state index contributed by atoms with van der Waals surface area (Å²) in [4.78, 5) is 6.73. The molecule has 0 bridgehead atoms. The van der Waals surface area contributed by atoms with Crippen molar-refractivity contribution < 1.29 is 8.42 Å². The number of hydrogen-bond acceptors (Lipinski definition) is 4. The van der Waals surface area contributed by atoms with Crippen LogP contribution in [-0.2, 0) is 9.84 Å². The largest absolute Gasteiger partial charge is 0.357 e. The van der Waals surface area contributed by atoms with Gasteiger partial charge < -0.3 is 10.6 Å². The van der Waals surface area contributed by atoms with Gasteiger partial charge in [-0.25, -0.2) is 8.42 Å². The van der Waals surface area contributed by atoms with E-state index in [0.29, 0.717) is 19.0 Å². The first-order valence-corrected chi connectivity index (χ1v) is 9.70. The average molecular weight is 446 g/mol. The zero-order valence-electron chi connectivity index (χ0n) is 14.0. The van der Waals surface area contributed by atoms with Gasteiger partial charge in [0.2, 0.25) is 0 Å². The molecule has 6 nitrogen and oxygen atoms in total. The highest BCUT2D eigenvalue weighted by molar-refractivity contribution is 14.0. The van der Waals surface area contributed by atoms with Crippen LogP contribution in [0.25, 0.3) is 0 Å². The molecule has 1 rings (SSSR count). The molecule has 0 aromatic carbocycles. The van der Waals surface area contributed by atoms with Crippen molar-refractivity contribution in [3.05, 3.63) is 0 Å². The van der Waals surface area contributed by atoms with Gasteiger partial charge in [-0.2, -0.15) is 0 Å². The van der Waals surface area contributed by atoms with Crippen LogP contribution in [0.4, 0.5) is 0 Å². The van der Waals surface area contributed by atoms with E-state index in [-0.39, 0.29) is 35.5 Å². The van der Waals surface area contributed by atoms with Crippen LogP contribution in [-0.4, -0.2) is 70.1 Å². The molecule has 0 aromatic rings. The summed E-state index contributed by atoms with van der Waals surface area (Å²) >= 11 is 0. The SMILES string of the molecule is CCNC(=NCCC(C)C)NCCN1CCS(=O)(=O)CC1.I. The Morgan fingerprint density at radius 3 is 2.41 bits per heavy atom. The molecule has 0 aliphatic carbocycles. The highest BCUT2D eigenvalue weighted by Gasteiger charge is 2.20. The van der Waals surface area contributed by atoms with E-state index >= 15 is 0 Å². The fraction of sp³-hybridized carbons (Fsp3) is 0.929. The van der Waals surface area contributed by atoms with Crippen LogP contribution in [0.1, 0.15) is 27.2 Å². The number of halogens is 1. The van der Waals surface area contributed by atoms with Gasteiger partial charge in [0.25, 0.3) is 0 Å². The van der Waals surface area contributed by atoms with Crippen molar-refractivity contribution in [2.75, 3.05) is 50.8 Å². The number of guanidine groups is 1. The predicted molar refractivity (Wildman–Crippen MR) is 104 cm³/mol. The molecule has 0 amide bonds. The normalized spacial score (nSPS) is 18.8. The van der Waals surface area contributed by atoms with E-state index in [4.69, 9.17) is 0 Å². The van der Waals surface area contributed by atoms with Crippen LogP contribution in [0.2, 0.25) is 0 Å². The zero-order valence-corrected chi connectivity index (χ0v) is 17.1. The molecule has 1 fully saturated rings. The Morgan fingerprint density at radius 1 is 1.23 bits per heavy atom. The molecular formula is C14H31IN4O2S. The number of rotatable bonds is 7. The van der Waals surface area contributed by atoms with Crippen LogP contribution in [0.5, 0.6) is 0 Å². The van der Waals surface area contributed by atoms with Crippen molar-refractivity contribution in [2.45, 2.75) is 27.2 Å². The van der Waals surface area contributed by atoms with E-state index in [1.54, 1.807) is 0 Å². The van der Waals surface area contributed by atoms with Gasteiger partial charge in [-0.05, 0) is 19.3 Å². The van der Waals surface area contributed by atoms with Crippen molar-refractivity contribution in [2.24, 2.45) is 10.9 Å². The molecular weight excluding hydrogens is 415 g/mol. The van der Waals surface area contributed by atoms with E-state index in [0.717, 1.165) is 38.6 Å². The topological polar surface area (TPSA) is 73.8 Å². The monoisotopic (exact) mass is 446 g/mol. The molecule has 22 heavy (non-hydrogen) atoms. The van der Waals surface area contributed by atoms with Gasteiger partial charge >= 0.3 is 0 Å². The molecule has 0 atom stereocenters. The van der Waals surface area contributed by atoms with Crippen LogP contribution in [0.15, 0.2) is 4.99 Å². The lowest BCUT2D eigenvalue weighted by Crippen LogP contribution is -2.46. The summed E-state index contributed by atoms with van der Waals surface area (Å²) in [7, 11) is -2.78. The molecule has 1 aliphatic heterocycles. The first kappa shape index (κ1) is 21.9. The molecule has 1 saturated heterocycles. The third-order valence-corrected chi connectivity index (χ3v) is 5.09. The maximum Gasteiger partial charge on any atom is 0.191 e. The molecule has 2 N–H and O–H groups in total. The molecule has 132 valence electrons. The molecule has 0 spiro atoms. The summed E-state index contributed by atoms with van der Waals surface area (Å²) in [6, 6.07) is 0. The minimum atomic E-state index is -2.78. The van der Waals surface area contributed by atoms with Crippen molar-refractivity contribution in [3.8, 4) is 0 Å². The third-order valence-electron chi connectivity index (χ3n) is 3.48. The van der Waals surface area contributed by atoms with Gasteiger partial charge in [-0.15, -0.1) is 24.0 Å². The molecule has 1 aliphatic rings. The highest BCUT2D eigenvalue weighted by atomic mass is 127. The fourth-order valence-corrected chi connectivity index (χ4v) is 3.36. The second kappa shape index (κ2) is 11.4. The summed E-state index contributed by atoms with van der Waals surface area (Å²) in [6.45, 7) is 11.0. The van der Waals surface area contributed by atoms with Crippen LogP contribution in [0.3, 0.4) is 0 Å². The van der Waals surface area contributed by atoms with Crippen LogP contribution >= 0.6 is 24.0 Å². The standard InChI is InChI=1S/C14H30N4O2S.HI/c1-4-15-14(16-6-5-13(2)3)17-7-8-18-9-11-21(19,20)12-10-18;/h13H,4-12H2,1-3H3,(H2,15,16,17);1H. The first-order valence-electron chi connectivity index (χ1n) is 7.88. The van der Waals surface area contributed by atoms with E-state index < -0.39 is 9.84 Å². The van der Waals surface area contributed by atoms with Gasteiger partial charge in [-0.1, -0.05) is 13.8 Å². The van der Waals surface area contributed by atoms with E-state index in [1.807, 2.05) is 0 Å². The van der Waals surface area contributed by atoms with Gasteiger partial charge in [0.05, 0.1) is 11.5 Å². The second-order valence-corrected chi connectivity index (χ2v) is 8.17. The molecule has 0 unspecified atom stereocenters. The van der Waals surface area contributed by atoms with Crippen molar-refractivity contribution in [3.63, 3.8) is 0 Å². The minimum absolute atomic E-state index is 0. The van der Waals surface area contributed by atoms with Crippen LogP contribution in [0, 0.1) is 5.92 Å². The summed E-state index contributed by atoms with van der Waals surface area (Å²) < 4.78 is 22.7. The molecule has 0 saturated carbocycles. The number of hydrogen-bond donors (Lipinski definition) is 2. The Kier molecular flexibility index (Phi) is 11.4. The number of nitrogens with zero attached hydrogens (tertiary/aromatic N) is 2. The lowest BCUT2D eigenvalue weighted by molar-refractivity contribution is 0.299. The van der Waals surface area contributed by atoms with Crippen molar-refractivity contribution in [1.82, 2.24) is 15.5 Å². The van der Waals surface area contributed by atoms with Gasteiger partial charge in [0.15, 0.2) is 15.8 Å². The zero-order chi connectivity index (χ0) is 15.7. The molecule has 1 heterocycles. The van der Waals surface area contributed by atoms with Gasteiger partial charge in [0.1, 0.15) is 0 Å². The highest BCUT2D eigenvalue weighted by Crippen LogP contribution is 2.02. The Balaban J connectivity index is 0.00000441. The third kappa shape index (κ3) is 9.83. The maximum absolute atomic E-state index is 11.4. The Morgan fingerprint density at radius 2 is 1.86 bits per heavy atom. The Labute approximate surface area is 152 Å². The van der Waals surface area contributed by atoms with Crippen LogP contribution < -0.4 is 10.6 Å². The number of nitrogens with one attached hydrogen (secondary N) is 2. The molecule has 8 heteroatoms. The first-order chi connectivity index (χ1) is 9.93. The van der Waals surface area contributed by atoms with Crippen molar-refractivity contribution >= 4 is 39.8 Å². The van der Waals surface area contributed by atoms with Crippen molar-refractivity contribution in [1.29, 1.82) is 0 Å². The number of aliphatic imine (C=N–C) groups is 1. The van der Waals surface area contributed by atoms with E-state index in [1.165, 1.54) is 0 Å². The average Bonchev–Trinajstić information content (AvgIpc) is 2.40. The second-order valence-electron chi connectivity index (χ2n) is 5.86. The summed E-state index contributed by atoms with van der Waals surface area (Å²) in [6.07, 6.45) is 1.08. The fourth-order valence-electron chi connectivity index (χ4n) is 2.08. The quantitative estimate of drug-likeness (QED) is 0.346. The molecule has 0 radical (unpaired) electrons. The number of sulfone groups is 1. The summed E-state index contributed by atoms with van der Waals surface area (Å²) in [5, 5.41) is 6.54. The maximum atomic E-state index is 11.4.